The van der Waals surface area contributed by atoms with E-state index in [1.165, 1.54) is 7.11 Å². The van der Waals surface area contributed by atoms with Crippen LogP contribution in [0.1, 0.15) is 38.2 Å². The van der Waals surface area contributed by atoms with Crippen LogP contribution < -0.4 is 5.73 Å². The maximum atomic E-state index is 12.3. The van der Waals surface area contributed by atoms with E-state index in [2.05, 4.69) is 4.74 Å². The van der Waals surface area contributed by atoms with E-state index in [-0.39, 0.29) is 18.4 Å². The van der Waals surface area contributed by atoms with E-state index >= 15 is 0 Å². The van der Waals surface area contributed by atoms with E-state index in [0.717, 1.165) is 12.0 Å². The summed E-state index contributed by atoms with van der Waals surface area (Å²) in [7, 11) is 1.33. The fourth-order valence-electron chi connectivity index (χ4n) is 2.12. The summed E-state index contributed by atoms with van der Waals surface area (Å²) in [4.78, 5) is 25.2. The highest BCUT2D eigenvalue weighted by Gasteiger charge is 2.19. The molecule has 0 aliphatic heterocycles. The van der Waals surface area contributed by atoms with Gasteiger partial charge in [-0.1, -0.05) is 26.0 Å². The third kappa shape index (κ3) is 5.45. The third-order valence-electron chi connectivity index (χ3n) is 3.38. The van der Waals surface area contributed by atoms with Crippen molar-refractivity contribution >= 4 is 17.6 Å². The van der Waals surface area contributed by atoms with Gasteiger partial charge in [0.15, 0.2) is 0 Å². The van der Waals surface area contributed by atoms with Crippen molar-refractivity contribution in [2.45, 2.75) is 32.6 Å². The van der Waals surface area contributed by atoms with Crippen LogP contribution >= 0.6 is 0 Å². The minimum absolute atomic E-state index is 0.0115. The second-order valence-corrected chi connectivity index (χ2v) is 5.16. The van der Waals surface area contributed by atoms with E-state index in [0.29, 0.717) is 18.7 Å². The van der Waals surface area contributed by atoms with Gasteiger partial charge in [-0.2, -0.15) is 0 Å². The van der Waals surface area contributed by atoms with Crippen molar-refractivity contribution in [3.63, 3.8) is 0 Å². The molecule has 0 aromatic heterocycles. The number of hydrogen-bond acceptors (Lipinski definition) is 4. The molecule has 0 aliphatic rings. The van der Waals surface area contributed by atoms with Crippen LogP contribution in [0.4, 0.5) is 5.69 Å². The quantitative estimate of drug-likeness (QED) is 0.617. The maximum absolute atomic E-state index is 12.3. The maximum Gasteiger partial charge on any atom is 0.325 e. The number of amides is 1. The lowest BCUT2D eigenvalue weighted by Gasteiger charge is -2.22. The number of carbonyl (C=O) groups is 2. The van der Waals surface area contributed by atoms with Gasteiger partial charge in [-0.25, -0.2) is 0 Å². The second-order valence-electron chi connectivity index (χ2n) is 5.16. The monoisotopic (exact) mass is 292 g/mol. The molecule has 0 spiro atoms. The number of carbonyl (C=O) groups excluding carboxylic acids is 2. The van der Waals surface area contributed by atoms with Crippen molar-refractivity contribution in [3.8, 4) is 0 Å². The van der Waals surface area contributed by atoms with Crippen molar-refractivity contribution in [2.75, 3.05) is 25.9 Å². The third-order valence-corrected chi connectivity index (χ3v) is 3.38. The van der Waals surface area contributed by atoms with Gasteiger partial charge in [-0.05, 0) is 30.0 Å². The van der Waals surface area contributed by atoms with E-state index in [1.54, 1.807) is 4.90 Å². The number of nitrogens with zero attached hydrogens (tertiary/aromatic N) is 1. The lowest BCUT2D eigenvalue weighted by Crippen LogP contribution is -2.37. The molecular weight excluding hydrogens is 268 g/mol. The van der Waals surface area contributed by atoms with Gasteiger partial charge >= 0.3 is 5.97 Å². The molecular formula is C16H24N2O3. The van der Waals surface area contributed by atoms with Gasteiger partial charge in [-0.3, -0.25) is 9.59 Å². The van der Waals surface area contributed by atoms with E-state index in [1.807, 2.05) is 38.1 Å². The first-order valence-corrected chi connectivity index (χ1v) is 7.18. The first kappa shape index (κ1) is 17.0. The van der Waals surface area contributed by atoms with Gasteiger partial charge in [0.1, 0.15) is 6.54 Å². The smallest absolute Gasteiger partial charge is 0.325 e. The minimum Gasteiger partial charge on any atom is -0.468 e. The first-order chi connectivity index (χ1) is 9.97. The topological polar surface area (TPSA) is 72.6 Å². The molecule has 2 N–H and O–H groups in total. The van der Waals surface area contributed by atoms with Crippen LogP contribution in [-0.2, 0) is 14.3 Å². The van der Waals surface area contributed by atoms with Crippen LogP contribution in [0.25, 0.3) is 0 Å². The summed E-state index contributed by atoms with van der Waals surface area (Å²) in [6.07, 6.45) is 1.17. The number of anilines is 1. The SMILES string of the molecule is CCCN(CC(=O)OC)C(=O)CC(C)c1ccc(N)cc1. The second kappa shape index (κ2) is 8.29. The summed E-state index contributed by atoms with van der Waals surface area (Å²) in [6.45, 7) is 4.53. The molecule has 1 rings (SSSR count). The number of esters is 1. The van der Waals surface area contributed by atoms with Crippen molar-refractivity contribution in [1.29, 1.82) is 0 Å². The predicted molar refractivity (Wildman–Crippen MR) is 82.8 cm³/mol. The lowest BCUT2D eigenvalue weighted by molar-refractivity contribution is -0.147. The van der Waals surface area contributed by atoms with E-state index < -0.39 is 5.97 Å². The minimum atomic E-state index is -0.392. The predicted octanol–water partition coefficient (Wildman–Crippen LogP) is 2.17. The number of methoxy groups -OCH3 is 1. The number of rotatable bonds is 7. The molecule has 0 saturated carbocycles. The Labute approximate surface area is 126 Å². The summed E-state index contributed by atoms with van der Waals surface area (Å²) in [5, 5.41) is 0. The molecule has 21 heavy (non-hydrogen) atoms. The fourth-order valence-corrected chi connectivity index (χ4v) is 2.12. The van der Waals surface area contributed by atoms with Crippen molar-refractivity contribution < 1.29 is 14.3 Å². The number of nitrogens with two attached hydrogens (primary N) is 1. The molecule has 1 unspecified atom stereocenters. The zero-order valence-corrected chi connectivity index (χ0v) is 13.0. The molecule has 5 heteroatoms. The molecule has 0 heterocycles. The van der Waals surface area contributed by atoms with Gasteiger partial charge in [-0.15, -0.1) is 0 Å². The Kier molecular flexibility index (Phi) is 6.72. The molecule has 0 radical (unpaired) electrons. The Balaban J connectivity index is 2.67. The largest absolute Gasteiger partial charge is 0.468 e. The molecule has 0 saturated heterocycles. The van der Waals surface area contributed by atoms with Gasteiger partial charge in [0.2, 0.25) is 5.91 Å². The zero-order chi connectivity index (χ0) is 15.8. The molecule has 5 nitrogen and oxygen atoms in total. The highest BCUT2D eigenvalue weighted by Crippen LogP contribution is 2.21. The Morgan fingerprint density at radius 3 is 2.43 bits per heavy atom. The molecule has 116 valence electrons. The number of ether oxygens (including phenoxy) is 1. The number of benzene rings is 1. The average molecular weight is 292 g/mol. The van der Waals surface area contributed by atoms with Gasteiger partial charge in [0.05, 0.1) is 7.11 Å². The number of nitrogen functional groups attached to an aromatic ring is 1. The van der Waals surface area contributed by atoms with Crippen LogP contribution in [0.2, 0.25) is 0 Å². The van der Waals surface area contributed by atoms with Crippen LogP contribution in [0.15, 0.2) is 24.3 Å². The molecule has 1 aromatic carbocycles. The molecule has 0 aliphatic carbocycles. The highest BCUT2D eigenvalue weighted by molar-refractivity contribution is 5.82. The number of hydrogen-bond donors (Lipinski definition) is 1. The average Bonchev–Trinajstić information content (AvgIpc) is 2.47. The summed E-state index contributed by atoms with van der Waals surface area (Å²) in [6, 6.07) is 7.51. The van der Waals surface area contributed by atoms with Crippen LogP contribution in [0.5, 0.6) is 0 Å². The Bertz CT molecular complexity index is 471. The fraction of sp³-hybridized carbons (Fsp3) is 0.500. The van der Waals surface area contributed by atoms with Gasteiger partial charge in [0, 0.05) is 18.7 Å². The zero-order valence-electron chi connectivity index (χ0n) is 13.0. The lowest BCUT2D eigenvalue weighted by atomic mass is 9.97. The molecule has 1 aromatic rings. The van der Waals surface area contributed by atoms with Crippen molar-refractivity contribution in [3.05, 3.63) is 29.8 Å². The standard InChI is InChI=1S/C16H24N2O3/c1-4-9-18(11-16(20)21-3)15(19)10-12(2)13-5-7-14(17)8-6-13/h5-8,12H,4,9-11,17H2,1-3H3. The van der Waals surface area contributed by atoms with Crippen molar-refractivity contribution in [2.24, 2.45) is 0 Å². The Hall–Kier alpha value is -2.04. The molecule has 0 bridgehead atoms. The van der Waals surface area contributed by atoms with Crippen LogP contribution in [0, 0.1) is 0 Å². The van der Waals surface area contributed by atoms with Crippen LogP contribution in [0.3, 0.4) is 0 Å². The van der Waals surface area contributed by atoms with E-state index in [4.69, 9.17) is 5.73 Å². The summed E-state index contributed by atoms with van der Waals surface area (Å²) in [5.74, 6) is -0.349. The van der Waals surface area contributed by atoms with E-state index in [9.17, 15) is 9.59 Å². The molecule has 1 amide bonds. The normalized spacial score (nSPS) is 11.8. The highest BCUT2D eigenvalue weighted by atomic mass is 16.5. The van der Waals surface area contributed by atoms with Gasteiger partial charge in [0.25, 0.3) is 0 Å². The summed E-state index contributed by atoms with van der Waals surface area (Å²) < 4.78 is 4.63. The Morgan fingerprint density at radius 2 is 1.90 bits per heavy atom. The van der Waals surface area contributed by atoms with Crippen molar-refractivity contribution in [1.82, 2.24) is 4.90 Å². The molecule has 0 fully saturated rings. The first-order valence-electron chi connectivity index (χ1n) is 7.18. The summed E-state index contributed by atoms with van der Waals surface area (Å²) >= 11 is 0. The van der Waals surface area contributed by atoms with Gasteiger partial charge < -0.3 is 15.4 Å². The summed E-state index contributed by atoms with van der Waals surface area (Å²) in [5.41, 5.74) is 7.43. The van der Waals surface area contributed by atoms with Crippen LogP contribution in [-0.4, -0.2) is 37.0 Å². The Morgan fingerprint density at radius 1 is 1.29 bits per heavy atom. The molecule has 1 atom stereocenters.